The van der Waals surface area contributed by atoms with Crippen LogP contribution in [0.15, 0.2) is 40.9 Å². The van der Waals surface area contributed by atoms with Gasteiger partial charge in [-0.05, 0) is 31.2 Å². The molecule has 0 aliphatic rings. The molecule has 0 aromatic heterocycles. The molecule has 1 N–H and O–H groups in total. The number of benzene rings is 2. The largest absolute Gasteiger partial charge is 0.483 e. The Morgan fingerprint density at radius 1 is 1.29 bits per heavy atom. The van der Waals surface area contributed by atoms with Gasteiger partial charge in [0, 0.05) is 16.1 Å². The fraction of sp³-hybridized carbons (Fsp3) is 0.176. The van der Waals surface area contributed by atoms with Crippen LogP contribution in [0.2, 0.25) is 0 Å². The summed E-state index contributed by atoms with van der Waals surface area (Å²) in [5.41, 5.74) is 0.469. The molecular weight excluding hydrogens is 384 g/mol. The van der Waals surface area contributed by atoms with Gasteiger partial charge in [-0.15, -0.1) is 0 Å². The van der Waals surface area contributed by atoms with Crippen LogP contribution in [0.1, 0.15) is 28.9 Å². The summed E-state index contributed by atoms with van der Waals surface area (Å²) in [5.74, 6) is -1.65. The number of carbonyl (C=O) groups excluding carboxylic acids is 2. The number of ether oxygens (including phenoxy) is 1. The Kier molecular flexibility index (Phi) is 6.03. The Morgan fingerprint density at radius 2 is 2.04 bits per heavy atom. The van der Waals surface area contributed by atoms with Crippen molar-refractivity contribution in [3.05, 3.63) is 63.6 Å². The Bertz CT molecular complexity index is 767. The van der Waals surface area contributed by atoms with Crippen LogP contribution >= 0.6 is 15.9 Å². The van der Waals surface area contributed by atoms with E-state index in [9.17, 15) is 18.4 Å². The molecule has 2 aromatic carbocycles. The topological polar surface area (TPSA) is 55.4 Å². The lowest BCUT2D eigenvalue weighted by Crippen LogP contribution is -2.31. The second kappa shape index (κ2) is 8.01. The van der Waals surface area contributed by atoms with Gasteiger partial charge in [0.05, 0.1) is 11.6 Å². The lowest BCUT2D eigenvalue weighted by Gasteiger charge is -2.16. The molecule has 0 saturated carbocycles. The number of rotatable bonds is 6. The Labute approximate surface area is 145 Å². The summed E-state index contributed by atoms with van der Waals surface area (Å²) in [6, 6.07) is 7.30. The highest BCUT2D eigenvalue weighted by Crippen LogP contribution is 2.22. The minimum absolute atomic E-state index is 0.168. The first-order valence-electron chi connectivity index (χ1n) is 7.02. The third kappa shape index (κ3) is 4.61. The van der Waals surface area contributed by atoms with E-state index in [1.165, 1.54) is 6.07 Å². The standard InChI is InChI=1S/C17H14BrF2NO3/c1-10(14-4-3-13(19)7-15(14)20)21-17(23)9-24-16-5-2-12(18)6-11(16)8-22/h2-8,10H,9H2,1H3,(H,21,23). The average Bonchev–Trinajstić information content (AvgIpc) is 2.53. The van der Waals surface area contributed by atoms with E-state index in [1.807, 2.05) is 0 Å². The van der Waals surface area contributed by atoms with Gasteiger partial charge in [0.25, 0.3) is 5.91 Å². The number of hydrogen-bond donors (Lipinski definition) is 1. The van der Waals surface area contributed by atoms with Crippen molar-refractivity contribution >= 4 is 28.1 Å². The van der Waals surface area contributed by atoms with Gasteiger partial charge in [-0.2, -0.15) is 0 Å². The van der Waals surface area contributed by atoms with Crippen molar-refractivity contribution in [3.63, 3.8) is 0 Å². The number of aldehydes is 1. The molecular formula is C17H14BrF2NO3. The minimum atomic E-state index is -0.736. The number of carbonyl (C=O) groups is 2. The molecule has 4 nitrogen and oxygen atoms in total. The zero-order chi connectivity index (χ0) is 17.7. The maximum Gasteiger partial charge on any atom is 0.258 e. The highest BCUT2D eigenvalue weighted by atomic mass is 79.9. The van der Waals surface area contributed by atoms with Crippen LogP contribution in [0.5, 0.6) is 5.75 Å². The Morgan fingerprint density at radius 3 is 2.71 bits per heavy atom. The first-order valence-corrected chi connectivity index (χ1v) is 7.82. The van der Waals surface area contributed by atoms with Crippen LogP contribution in [0.4, 0.5) is 8.78 Å². The van der Waals surface area contributed by atoms with Gasteiger partial charge in [-0.3, -0.25) is 9.59 Å². The molecule has 0 spiro atoms. The summed E-state index contributed by atoms with van der Waals surface area (Å²) in [4.78, 5) is 22.9. The molecule has 1 amide bonds. The SMILES string of the molecule is CC(NC(=O)COc1ccc(Br)cc1C=O)c1ccc(F)cc1F. The summed E-state index contributed by atoms with van der Waals surface area (Å²) >= 11 is 3.23. The molecule has 7 heteroatoms. The fourth-order valence-electron chi connectivity index (χ4n) is 2.10. The molecule has 24 heavy (non-hydrogen) atoms. The summed E-state index contributed by atoms with van der Waals surface area (Å²) in [6.45, 7) is 1.24. The van der Waals surface area contributed by atoms with Crippen molar-refractivity contribution in [2.24, 2.45) is 0 Å². The molecule has 126 valence electrons. The van der Waals surface area contributed by atoms with Crippen LogP contribution in [-0.4, -0.2) is 18.8 Å². The lowest BCUT2D eigenvalue weighted by molar-refractivity contribution is -0.123. The van der Waals surface area contributed by atoms with Gasteiger partial charge < -0.3 is 10.1 Å². The number of hydrogen-bond acceptors (Lipinski definition) is 3. The van der Waals surface area contributed by atoms with Crippen LogP contribution in [0.25, 0.3) is 0 Å². The van der Waals surface area contributed by atoms with E-state index >= 15 is 0 Å². The van der Waals surface area contributed by atoms with Gasteiger partial charge in [0.1, 0.15) is 17.4 Å². The number of nitrogens with one attached hydrogen (secondary N) is 1. The quantitative estimate of drug-likeness (QED) is 0.754. The zero-order valence-electron chi connectivity index (χ0n) is 12.7. The van der Waals surface area contributed by atoms with Gasteiger partial charge in [0.2, 0.25) is 0 Å². The fourth-order valence-corrected chi connectivity index (χ4v) is 2.48. The van der Waals surface area contributed by atoms with Crippen molar-refractivity contribution in [2.75, 3.05) is 6.61 Å². The summed E-state index contributed by atoms with van der Waals surface area (Å²) < 4.78 is 32.6. The lowest BCUT2D eigenvalue weighted by atomic mass is 10.1. The van der Waals surface area contributed by atoms with Crippen molar-refractivity contribution in [1.82, 2.24) is 5.32 Å². The highest BCUT2D eigenvalue weighted by Gasteiger charge is 2.15. The van der Waals surface area contributed by atoms with Crippen molar-refractivity contribution in [2.45, 2.75) is 13.0 Å². The monoisotopic (exact) mass is 397 g/mol. The first-order chi connectivity index (χ1) is 11.4. The van der Waals surface area contributed by atoms with E-state index < -0.39 is 23.6 Å². The van der Waals surface area contributed by atoms with E-state index in [1.54, 1.807) is 25.1 Å². The number of halogens is 3. The van der Waals surface area contributed by atoms with Gasteiger partial charge in [-0.1, -0.05) is 22.0 Å². The molecule has 0 bridgehead atoms. The molecule has 0 heterocycles. The number of amides is 1. The normalized spacial score (nSPS) is 11.7. The van der Waals surface area contributed by atoms with Crippen molar-refractivity contribution in [1.29, 1.82) is 0 Å². The summed E-state index contributed by atoms with van der Waals surface area (Å²) in [5, 5.41) is 2.55. The molecule has 1 unspecified atom stereocenters. The molecule has 1 atom stereocenters. The molecule has 2 aromatic rings. The van der Waals surface area contributed by atoms with Gasteiger partial charge in [-0.25, -0.2) is 8.78 Å². The third-order valence-electron chi connectivity index (χ3n) is 3.26. The van der Waals surface area contributed by atoms with E-state index in [0.717, 1.165) is 12.1 Å². The Hall–Kier alpha value is -2.28. The summed E-state index contributed by atoms with van der Waals surface area (Å²) in [7, 11) is 0. The third-order valence-corrected chi connectivity index (χ3v) is 3.76. The molecule has 0 saturated heterocycles. The smallest absolute Gasteiger partial charge is 0.258 e. The van der Waals surface area contributed by atoms with E-state index in [-0.39, 0.29) is 17.9 Å². The van der Waals surface area contributed by atoms with E-state index in [2.05, 4.69) is 21.2 Å². The predicted molar refractivity (Wildman–Crippen MR) is 87.9 cm³/mol. The maximum atomic E-state index is 13.7. The maximum absolute atomic E-state index is 13.7. The van der Waals surface area contributed by atoms with Crippen LogP contribution < -0.4 is 10.1 Å². The second-order valence-corrected chi connectivity index (χ2v) is 5.96. The zero-order valence-corrected chi connectivity index (χ0v) is 14.3. The summed E-state index contributed by atoms with van der Waals surface area (Å²) in [6.07, 6.45) is 0.620. The van der Waals surface area contributed by atoms with Crippen molar-refractivity contribution in [3.8, 4) is 5.75 Å². The van der Waals surface area contributed by atoms with Crippen LogP contribution in [-0.2, 0) is 4.79 Å². The van der Waals surface area contributed by atoms with Crippen LogP contribution in [0, 0.1) is 11.6 Å². The van der Waals surface area contributed by atoms with Gasteiger partial charge in [0.15, 0.2) is 12.9 Å². The predicted octanol–water partition coefficient (Wildman–Crippen LogP) is 3.80. The van der Waals surface area contributed by atoms with E-state index in [0.29, 0.717) is 16.3 Å². The van der Waals surface area contributed by atoms with E-state index in [4.69, 9.17) is 4.74 Å². The highest BCUT2D eigenvalue weighted by molar-refractivity contribution is 9.10. The molecule has 2 rings (SSSR count). The minimum Gasteiger partial charge on any atom is -0.483 e. The van der Waals surface area contributed by atoms with Crippen molar-refractivity contribution < 1.29 is 23.1 Å². The average molecular weight is 398 g/mol. The molecule has 0 aliphatic heterocycles. The van der Waals surface area contributed by atoms with Gasteiger partial charge >= 0.3 is 0 Å². The molecule has 0 fully saturated rings. The molecule has 0 aliphatic carbocycles. The van der Waals surface area contributed by atoms with Crippen LogP contribution in [0.3, 0.4) is 0 Å². The molecule has 0 radical (unpaired) electrons. The second-order valence-electron chi connectivity index (χ2n) is 5.04. The Balaban J connectivity index is 1.97. The first kappa shape index (κ1) is 18.1.